The molecule has 20 heavy (non-hydrogen) atoms. The van der Waals surface area contributed by atoms with Gasteiger partial charge in [0.25, 0.3) is 5.91 Å². The molecule has 0 aliphatic rings. The molecule has 0 fully saturated rings. The van der Waals surface area contributed by atoms with E-state index in [0.29, 0.717) is 0 Å². The van der Waals surface area contributed by atoms with Crippen LogP contribution in [0.1, 0.15) is 21.6 Å². The molecule has 0 unspecified atom stereocenters. The molecule has 1 heterocycles. The van der Waals surface area contributed by atoms with Gasteiger partial charge in [-0.15, -0.1) is 11.3 Å². The van der Waals surface area contributed by atoms with Crippen molar-refractivity contribution in [3.05, 3.63) is 45.8 Å². The van der Waals surface area contributed by atoms with E-state index in [2.05, 4.69) is 5.32 Å². The van der Waals surface area contributed by atoms with Gasteiger partial charge in [-0.05, 0) is 56.5 Å². The van der Waals surface area contributed by atoms with Crippen molar-refractivity contribution in [1.29, 1.82) is 0 Å². The first-order chi connectivity index (χ1) is 9.47. The number of rotatable bonds is 4. The van der Waals surface area contributed by atoms with Crippen LogP contribution in [0.2, 0.25) is 0 Å². The molecule has 0 bridgehead atoms. The van der Waals surface area contributed by atoms with Crippen molar-refractivity contribution in [2.75, 3.05) is 11.9 Å². The molecule has 0 spiro atoms. The maximum atomic E-state index is 11.9. The largest absolute Gasteiger partial charge is 0.483 e. The molecule has 4 heteroatoms. The van der Waals surface area contributed by atoms with Crippen LogP contribution in [-0.2, 0) is 4.79 Å². The maximum Gasteiger partial charge on any atom is 0.262 e. The molecule has 0 saturated carbocycles. The van der Waals surface area contributed by atoms with Crippen LogP contribution in [0.5, 0.6) is 5.75 Å². The van der Waals surface area contributed by atoms with Crippen LogP contribution in [0, 0.1) is 27.7 Å². The number of carbonyl (C=O) groups excluding carboxylic acids is 1. The second-order valence-electron chi connectivity index (χ2n) is 4.88. The van der Waals surface area contributed by atoms with E-state index >= 15 is 0 Å². The van der Waals surface area contributed by atoms with Crippen molar-refractivity contribution in [1.82, 2.24) is 0 Å². The Morgan fingerprint density at radius 3 is 2.60 bits per heavy atom. The SMILES string of the molecule is Cc1cc(NC(=O)COc2cccc(C)c2C)sc1C. The lowest BCUT2D eigenvalue weighted by Gasteiger charge is -2.10. The summed E-state index contributed by atoms with van der Waals surface area (Å²) in [6.07, 6.45) is 0. The molecule has 0 aliphatic heterocycles. The molecule has 1 amide bonds. The Morgan fingerprint density at radius 1 is 1.20 bits per heavy atom. The van der Waals surface area contributed by atoms with E-state index in [1.807, 2.05) is 52.0 Å². The van der Waals surface area contributed by atoms with Gasteiger partial charge < -0.3 is 10.1 Å². The normalized spacial score (nSPS) is 10.4. The summed E-state index contributed by atoms with van der Waals surface area (Å²) in [4.78, 5) is 13.1. The minimum Gasteiger partial charge on any atom is -0.483 e. The highest BCUT2D eigenvalue weighted by Crippen LogP contribution is 2.25. The van der Waals surface area contributed by atoms with Crippen molar-refractivity contribution >= 4 is 22.2 Å². The van der Waals surface area contributed by atoms with Gasteiger partial charge in [0.15, 0.2) is 6.61 Å². The lowest BCUT2D eigenvalue weighted by Crippen LogP contribution is -2.19. The topological polar surface area (TPSA) is 38.3 Å². The fourth-order valence-corrected chi connectivity index (χ4v) is 2.78. The Hall–Kier alpha value is -1.81. The van der Waals surface area contributed by atoms with Crippen LogP contribution in [0.4, 0.5) is 5.00 Å². The lowest BCUT2D eigenvalue weighted by molar-refractivity contribution is -0.118. The van der Waals surface area contributed by atoms with Gasteiger partial charge in [-0.1, -0.05) is 12.1 Å². The van der Waals surface area contributed by atoms with Crippen molar-refractivity contribution in [2.45, 2.75) is 27.7 Å². The number of hydrogen-bond acceptors (Lipinski definition) is 3. The minimum atomic E-state index is -0.132. The predicted octanol–water partition coefficient (Wildman–Crippen LogP) is 4.00. The first-order valence-electron chi connectivity index (χ1n) is 6.53. The van der Waals surface area contributed by atoms with E-state index in [9.17, 15) is 4.79 Å². The average Bonchev–Trinajstić information content (AvgIpc) is 2.70. The van der Waals surface area contributed by atoms with Gasteiger partial charge in [0.2, 0.25) is 0 Å². The molecule has 106 valence electrons. The molecule has 1 aromatic heterocycles. The van der Waals surface area contributed by atoms with Gasteiger partial charge in [-0.2, -0.15) is 0 Å². The number of carbonyl (C=O) groups is 1. The van der Waals surface area contributed by atoms with E-state index in [0.717, 1.165) is 21.9 Å². The van der Waals surface area contributed by atoms with Gasteiger partial charge in [0.05, 0.1) is 5.00 Å². The third-order valence-electron chi connectivity index (χ3n) is 3.34. The zero-order valence-corrected chi connectivity index (χ0v) is 13.1. The molecule has 0 aliphatic carbocycles. The van der Waals surface area contributed by atoms with Crippen LogP contribution < -0.4 is 10.1 Å². The predicted molar refractivity (Wildman–Crippen MR) is 83.8 cm³/mol. The number of ether oxygens (including phenoxy) is 1. The fraction of sp³-hybridized carbons (Fsp3) is 0.312. The molecule has 1 N–H and O–H groups in total. The van der Waals surface area contributed by atoms with Gasteiger partial charge in [0.1, 0.15) is 5.75 Å². The number of nitrogens with one attached hydrogen (secondary N) is 1. The van der Waals surface area contributed by atoms with E-state index in [1.165, 1.54) is 10.4 Å². The minimum absolute atomic E-state index is 0.0281. The summed E-state index contributed by atoms with van der Waals surface area (Å²) in [5.41, 5.74) is 3.43. The fourth-order valence-electron chi connectivity index (χ4n) is 1.83. The van der Waals surface area contributed by atoms with Crippen LogP contribution in [0.15, 0.2) is 24.3 Å². The van der Waals surface area contributed by atoms with E-state index < -0.39 is 0 Å². The van der Waals surface area contributed by atoms with Crippen LogP contribution in [0.3, 0.4) is 0 Å². The van der Waals surface area contributed by atoms with Gasteiger partial charge in [-0.3, -0.25) is 4.79 Å². The van der Waals surface area contributed by atoms with Gasteiger partial charge >= 0.3 is 0 Å². The highest BCUT2D eigenvalue weighted by molar-refractivity contribution is 7.16. The molecule has 0 radical (unpaired) electrons. The van der Waals surface area contributed by atoms with Crippen LogP contribution in [-0.4, -0.2) is 12.5 Å². The van der Waals surface area contributed by atoms with E-state index in [-0.39, 0.29) is 12.5 Å². The van der Waals surface area contributed by atoms with Gasteiger partial charge in [-0.25, -0.2) is 0 Å². The summed E-state index contributed by atoms with van der Waals surface area (Å²) in [7, 11) is 0. The Balaban J connectivity index is 1.94. The van der Waals surface area contributed by atoms with Crippen molar-refractivity contribution in [3.63, 3.8) is 0 Å². The van der Waals surface area contributed by atoms with Crippen molar-refractivity contribution < 1.29 is 9.53 Å². The second-order valence-corrected chi connectivity index (χ2v) is 6.14. The van der Waals surface area contributed by atoms with Gasteiger partial charge in [0, 0.05) is 4.88 Å². The van der Waals surface area contributed by atoms with E-state index in [4.69, 9.17) is 4.74 Å². The summed E-state index contributed by atoms with van der Waals surface area (Å²) < 4.78 is 5.58. The summed E-state index contributed by atoms with van der Waals surface area (Å²) in [5, 5.41) is 3.73. The van der Waals surface area contributed by atoms with Crippen molar-refractivity contribution in [3.8, 4) is 5.75 Å². The Morgan fingerprint density at radius 2 is 1.95 bits per heavy atom. The second kappa shape index (κ2) is 6.09. The number of anilines is 1. The Bertz CT molecular complexity index is 612. The highest BCUT2D eigenvalue weighted by atomic mass is 32.1. The molecule has 0 saturated heterocycles. The average molecular weight is 289 g/mol. The Kier molecular flexibility index (Phi) is 4.45. The molecule has 3 nitrogen and oxygen atoms in total. The smallest absolute Gasteiger partial charge is 0.262 e. The van der Waals surface area contributed by atoms with Crippen molar-refractivity contribution in [2.24, 2.45) is 0 Å². The molecule has 2 aromatic rings. The maximum absolute atomic E-state index is 11.9. The summed E-state index contributed by atoms with van der Waals surface area (Å²) in [6, 6.07) is 7.83. The summed E-state index contributed by atoms with van der Waals surface area (Å²) >= 11 is 1.58. The number of thiophene rings is 1. The third-order valence-corrected chi connectivity index (χ3v) is 4.41. The zero-order chi connectivity index (χ0) is 14.7. The summed E-state index contributed by atoms with van der Waals surface area (Å²) in [6.45, 7) is 8.13. The molecular weight excluding hydrogens is 270 g/mol. The van der Waals surface area contributed by atoms with E-state index in [1.54, 1.807) is 11.3 Å². The quantitative estimate of drug-likeness (QED) is 0.924. The lowest BCUT2D eigenvalue weighted by atomic mass is 10.1. The number of benzene rings is 1. The highest BCUT2D eigenvalue weighted by Gasteiger charge is 2.08. The van der Waals surface area contributed by atoms with Crippen LogP contribution in [0.25, 0.3) is 0 Å². The molecule has 0 atom stereocenters. The number of amides is 1. The first-order valence-corrected chi connectivity index (χ1v) is 7.35. The standard InChI is InChI=1S/C16H19NO2S/c1-10-6-5-7-14(12(10)3)19-9-15(18)17-16-8-11(2)13(4)20-16/h5-8H,9H2,1-4H3,(H,17,18). The summed E-state index contributed by atoms with van der Waals surface area (Å²) in [5.74, 6) is 0.630. The molecule has 1 aromatic carbocycles. The molecular formula is C16H19NO2S. The number of hydrogen-bond donors (Lipinski definition) is 1. The zero-order valence-electron chi connectivity index (χ0n) is 12.2. The monoisotopic (exact) mass is 289 g/mol. The Labute approximate surface area is 123 Å². The third kappa shape index (κ3) is 3.39. The first kappa shape index (κ1) is 14.6. The molecule has 2 rings (SSSR count). The number of aryl methyl sites for hydroxylation is 3. The van der Waals surface area contributed by atoms with Crippen LogP contribution >= 0.6 is 11.3 Å².